The first-order chi connectivity index (χ1) is 13.8. The average molecular weight is 423 g/mol. The van der Waals surface area contributed by atoms with E-state index in [1.165, 1.54) is 5.01 Å². The fourth-order valence-electron chi connectivity index (χ4n) is 3.23. The van der Waals surface area contributed by atoms with Gasteiger partial charge < -0.3 is 14.8 Å². The number of ether oxygens (including phenoxy) is 2. The molecule has 0 radical (unpaired) electrons. The summed E-state index contributed by atoms with van der Waals surface area (Å²) in [6.07, 6.45) is 0.713. The van der Waals surface area contributed by atoms with Gasteiger partial charge in [-0.05, 0) is 37.6 Å². The molecular weight excluding hydrogens is 398 g/mol. The fraction of sp³-hybridized carbons (Fsp3) is 0.526. The zero-order valence-corrected chi connectivity index (χ0v) is 17.3. The molecule has 1 aromatic rings. The number of benzene rings is 1. The standard InChI is InChI=1S/C19H25N3O6S/c1-13(11-28-16-5-3-15(27-2)4-6-16)20-19(24)17-7-8-18(23)22(21-17)14-9-10-29(25,26)12-14/h3-6,13-14H,7-12H2,1-2H3,(H,20,24)/t13-,14+/m0/s1. The number of carbonyl (C=O) groups is 2. The number of nitrogens with one attached hydrogen (secondary N) is 1. The lowest BCUT2D eigenvalue weighted by Crippen LogP contribution is -2.46. The van der Waals surface area contributed by atoms with Gasteiger partial charge in [0.1, 0.15) is 23.8 Å². The van der Waals surface area contributed by atoms with Gasteiger partial charge in [-0.1, -0.05) is 0 Å². The van der Waals surface area contributed by atoms with Crippen molar-refractivity contribution in [2.45, 2.75) is 38.3 Å². The number of methoxy groups -OCH3 is 1. The molecule has 1 N–H and O–H groups in total. The Bertz CT molecular complexity index is 897. The summed E-state index contributed by atoms with van der Waals surface area (Å²) in [5, 5.41) is 8.16. The Morgan fingerprint density at radius 3 is 2.59 bits per heavy atom. The van der Waals surface area contributed by atoms with Gasteiger partial charge in [-0.25, -0.2) is 13.4 Å². The average Bonchev–Trinajstić information content (AvgIpc) is 3.06. The number of sulfone groups is 1. The SMILES string of the molecule is COc1ccc(OC[C@H](C)NC(=O)C2=NN([C@@H]3CCS(=O)(=O)C3)C(=O)CC2)cc1. The van der Waals surface area contributed by atoms with Gasteiger partial charge in [0.25, 0.3) is 5.91 Å². The topological polar surface area (TPSA) is 114 Å². The maximum absolute atomic E-state index is 12.5. The van der Waals surface area contributed by atoms with Crippen molar-refractivity contribution < 1.29 is 27.5 Å². The minimum Gasteiger partial charge on any atom is -0.497 e. The van der Waals surface area contributed by atoms with Crippen molar-refractivity contribution in [3.63, 3.8) is 0 Å². The van der Waals surface area contributed by atoms with Crippen LogP contribution in [-0.2, 0) is 19.4 Å². The molecule has 2 aliphatic heterocycles. The number of amides is 2. The Hall–Kier alpha value is -2.62. The highest BCUT2D eigenvalue weighted by Gasteiger charge is 2.37. The van der Waals surface area contributed by atoms with Crippen LogP contribution in [0.15, 0.2) is 29.4 Å². The zero-order chi connectivity index (χ0) is 21.0. The molecule has 10 heteroatoms. The molecule has 0 unspecified atom stereocenters. The van der Waals surface area contributed by atoms with E-state index >= 15 is 0 Å². The van der Waals surface area contributed by atoms with E-state index in [4.69, 9.17) is 9.47 Å². The molecule has 0 saturated carbocycles. The first-order valence-corrected chi connectivity index (χ1v) is 11.3. The fourth-order valence-corrected chi connectivity index (χ4v) is 4.92. The highest BCUT2D eigenvalue weighted by atomic mass is 32.2. The van der Waals surface area contributed by atoms with Crippen molar-refractivity contribution in [2.24, 2.45) is 5.10 Å². The summed E-state index contributed by atoms with van der Waals surface area (Å²) in [4.78, 5) is 24.7. The predicted molar refractivity (Wildman–Crippen MR) is 107 cm³/mol. The van der Waals surface area contributed by atoms with Gasteiger partial charge in [-0.15, -0.1) is 0 Å². The first-order valence-electron chi connectivity index (χ1n) is 9.45. The van der Waals surface area contributed by atoms with Gasteiger partial charge in [-0.3, -0.25) is 9.59 Å². The van der Waals surface area contributed by atoms with Crippen LogP contribution in [-0.4, -0.2) is 68.3 Å². The van der Waals surface area contributed by atoms with Crippen LogP contribution in [0.1, 0.15) is 26.2 Å². The number of rotatable bonds is 7. The zero-order valence-electron chi connectivity index (χ0n) is 16.5. The maximum Gasteiger partial charge on any atom is 0.267 e. The van der Waals surface area contributed by atoms with Gasteiger partial charge in [0, 0.05) is 12.8 Å². The molecule has 1 fully saturated rings. The summed E-state index contributed by atoms with van der Waals surface area (Å²) < 4.78 is 34.1. The van der Waals surface area contributed by atoms with E-state index in [0.29, 0.717) is 12.2 Å². The van der Waals surface area contributed by atoms with E-state index in [-0.39, 0.29) is 54.5 Å². The number of hydrogen-bond acceptors (Lipinski definition) is 7. The second kappa shape index (κ2) is 8.81. The molecular formula is C19H25N3O6S. The van der Waals surface area contributed by atoms with Crippen molar-refractivity contribution in [2.75, 3.05) is 25.2 Å². The number of nitrogens with zero attached hydrogens (tertiary/aromatic N) is 2. The van der Waals surface area contributed by atoms with E-state index in [1.807, 2.05) is 0 Å². The van der Waals surface area contributed by atoms with Gasteiger partial charge >= 0.3 is 0 Å². The first kappa shape index (κ1) is 21.1. The third-order valence-corrected chi connectivity index (χ3v) is 6.56. The van der Waals surface area contributed by atoms with Crippen molar-refractivity contribution in [3.8, 4) is 11.5 Å². The van der Waals surface area contributed by atoms with Crippen LogP contribution in [0.4, 0.5) is 0 Å². The predicted octanol–water partition coefficient (Wildman–Crippen LogP) is 0.744. The molecule has 2 amide bonds. The van der Waals surface area contributed by atoms with Crippen LogP contribution in [0.2, 0.25) is 0 Å². The molecule has 2 heterocycles. The lowest BCUT2D eigenvalue weighted by molar-refractivity contribution is -0.133. The van der Waals surface area contributed by atoms with Crippen LogP contribution in [0.25, 0.3) is 0 Å². The van der Waals surface area contributed by atoms with Crippen molar-refractivity contribution in [3.05, 3.63) is 24.3 Å². The minimum absolute atomic E-state index is 0.0399. The van der Waals surface area contributed by atoms with Gasteiger partial charge in [-0.2, -0.15) is 5.10 Å². The van der Waals surface area contributed by atoms with Gasteiger partial charge in [0.05, 0.1) is 30.7 Å². The highest BCUT2D eigenvalue weighted by molar-refractivity contribution is 7.91. The van der Waals surface area contributed by atoms with E-state index in [0.717, 1.165) is 5.75 Å². The molecule has 2 atom stereocenters. The molecule has 29 heavy (non-hydrogen) atoms. The van der Waals surface area contributed by atoms with E-state index in [1.54, 1.807) is 38.3 Å². The third kappa shape index (κ3) is 5.47. The van der Waals surface area contributed by atoms with Crippen molar-refractivity contribution in [1.82, 2.24) is 10.3 Å². The Kier molecular flexibility index (Phi) is 6.41. The van der Waals surface area contributed by atoms with Crippen LogP contribution in [0.3, 0.4) is 0 Å². The molecule has 0 aliphatic carbocycles. The number of hydrazone groups is 1. The Morgan fingerprint density at radius 2 is 1.97 bits per heavy atom. The van der Waals surface area contributed by atoms with E-state index in [2.05, 4.69) is 10.4 Å². The molecule has 0 aromatic heterocycles. The lowest BCUT2D eigenvalue weighted by Gasteiger charge is -2.28. The molecule has 1 aromatic carbocycles. The molecule has 9 nitrogen and oxygen atoms in total. The van der Waals surface area contributed by atoms with Crippen LogP contribution in [0, 0.1) is 0 Å². The van der Waals surface area contributed by atoms with Gasteiger partial charge in [0.15, 0.2) is 9.84 Å². The van der Waals surface area contributed by atoms with Crippen molar-refractivity contribution >= 4 is 27.4 Å². The monoisotopic (exact) mass is 423 g/mol. The Morgan fingerprint density at radius 1 is 1.28 bits per heavy atom. The summed E-state index contributed by atoms with van der Waals surface area (Å²) in [5.74, 6) is 0.680. The summed E-state index contributed by atoms with van der Waals surface area (Å²) in [5.41, 5.74) is 0.227. The quantitative estimate of drug-likeness (QED) is 0.692. The molecule has 3 rings (SSSR count). The van der Waals surface area contributed by atoms with Crippen LogP contribution < -0.4 is 14.8 Å². The molecule has 1 saturated heterocycles. The Balaban J connectivity index is 1.55. The Labute approximate surface area is 170 Å². The summed E-state index contributed by atoms with van der Waals surface area (Å²) in [7, 11) is -1.57. The second-order valence-corrected chi connectivity index (χ2v) is 9.43. The van der Waals surface area contributed by atoms with Crippen LogP contribution >= 0.6 is 0 Å². The molecule has 158 valence electrons. The summed E-state index contributed by atoms with van der Waals surface area (Å²) >= 11 is 0. The minimum atomic E-state index is -3.15. The normalized spacial score (nSPS) is 22.0. The van der Waals surface area contributed by atoms with Gasteiger partial charge in [0.2, 0.25) is 5.91 Å². The molecule has 0 spiro atoms. The lowest BCUT2D eigenvalue weighted by atomic mass is 10.1. The van der Waals surface area contributed by atoms with E-state index < -0.39 is 15.9 Å². The summed E-state index contributed by atoms with van der Waals surface area (Å²) in [6.45, 7) is 2.06. The number of carbonyl (C=O) groups excluding carboxylic acids is 2. The number of hydrogen-bond donors (Lipinski definition) is 1. The smallest absolute Gasteiger partial charge is 0.267 e. The molecule has 2 aliphatic rings. The van der Waals surface area contributed by atoms with Crippen molar-refractivity contribution in [1.29, 1.82) is 0 Å². The maximum atomic E-state index is 12.5. The molecule has 0 bridgehead atoms. The highest BCUT2D eigenvalue weighted by Crippen LogP contribution is 2.22. The van der Waals surface area contributed by atoms with Crippen LogP contribution in [0.5, 0.6) is 11.5 Å². The third-order valence-electron chi connectivity index (χ3n) is 4.81. The largest absolute Gasteiger partial charge is 0.497 e. The second-order valence-electron chi connectivity index (χ2n) is 7.20. The summed E-state index contributed by atoms with van der Waals surface area (Å²) in [6, 6.07) is 6.33. The van der Waals surface area contributed by atoms with E-state index in [9.17, 15) is 18.0 Å².